The molecule has 13 nitrogen and oxygen atoms in total. The Morgan fingerprint density at radius 2 is 1.72 bits per heavy atom. The molecule has 8 N–H and O–H groups in total. The third-order valence-corrected chi connectivity index (χ3v) is 9.15. The van der Waals surface area contributed by atoms with Crippen molar-refractivity contribution in [3.8, 4) is 0 Å². The van der Waals surface area contributed by atoms with Gasteiger partial charge in [0, 0.05) is 34.2 Å². The number of ether oxygens (including phenoxy) is 3. The lowest BCUT2D eigenvalue weighted by Gasteiger charge is -2.44. The van der Waals surface area contributed by atoms with Crippen LogP contribution in [0.1, 0.15) is 46.2 Å². The van der Waals surface area contributed by atoms with Gasteiger partial charge < -0.3 is 45.4 Å². The molecule has 5 aromatic rings. The Balaban J connectivity index is 1.46. The summed E-state index contributed by atoms with van der Waals surface area (Å²) in [6.45, 7) is -0.0446. The molecule has 240 valence electrons. The number of H-pyrrole nitrogens is 1. The zero-order valence-corrected chi connectivity index (χ0v) is 25.1. The van der Waals surface area contributed by atoms with Crippen LogP contribution in [0.4, 0.5) is 0 Å². The van der Waals surface area contributed by atoms with Crippen molar-refractivity contribution < 1.29 is 38.8 Å². The molecule has 2 amide bonds. The van der Waals surface area contributed by atoms with Gasteiger partial charge in [-0.15, -0.1) is 0 Å². The maximum absolute atomic E-state index is 13.4. The number of para-hydroxylation sites is 2. The van der Waals surface area contributed by atoms with E-state index >= 15 is 0 Å². The summed E-state index contributed by atoms with van der Waals surface area (Å²) in [7, 11) is 1.37. The monoisotopic (exact) mass is 629 g/mol. The highest BCUT2D eigenvalue weighted by molar-refractivity contribution is 6.39. The number of aliphatic hydroxyl groups excluding tert-OH is 2. The standard InChI is InChI=1S/C33H35N5O8/c1-44-28-20(14-39)45-32(27(40)29(28)46-33(43)17(35)10-6-7-13-34)38-19-12-5-3-9-16(19)22-24-23(30(41)37-31(24)42)21-15-8-2-4-11-18(15)36-25(21)26(22)38/h2-5,8-9,11-12,17,20,27-29,32,36,39-40H,6-7,10,13-14,34-35H2,1H3,(H,37,41,42). The summed E-state index contributed by atoms with van der Waals surface area (Å²) in [6, 6.07) is 13.8. The molecule has 1 fully saturated rings. The van der Waals surface area contributed by atoms with Crippen LogP contribution in [0.2, 0.25) is 0 Å². The summed E-state index contributed by atoms with van der Waals surface area (Å²) >= 11 is 0. The number of aromatic amines is 1. The zero-order chi connectivity index (χ0) is 32.3. The summed E-state index contributed by atoms with van der Waals surface area (Å²) < 4.78 is 19.6. The lowest BCUT2D eigenvalue weighted by Crippen LogP contribution is -2.59. The number of imide groups is 1. The van der Waals surface area contributed by atoms with Crippen molar-refractivity contribution in [1.82, 2.24) is 14.9 Å². The molecule has 7 rings (SSSR count). The van der Waals surface area contributed by atoms with Gasteiger partial charge >= 0.3 is 5.97 Å². The van der Waals surface area contributed by atoms with Crippen molar-refractivity contribution in [2.24, 2.45) is 11.5 Å². The molecule has 2 aliphatic rings. The molecule has 0 saturated carbocycles. The van der Waals surface area contributed by atoms with E-state index in [-0.39, 0.29) is 11.1 Å². The van der Waals surface area contributed by atoms with E-state index in [2.05, 4.69) is 10.3 Å². The lowest BCUT2D eigenvalue weighted by atomic mass is 9.96. The van der Waals surface area contributed by atoms with Gasteiger partial charge in [-0.1, -0.05) is 42.8 Å². The summed E-state index contributed by atoms with van der Waals surface area (Å²) in [6.07, 6.45) is -4.39. The first-order valence-corrected chi connectivity index (χ1v) is 15.3. The highest BCUT2D eigenvalue weighted by Crippen LogP contribution is 2.46. The number of nitrogens with one attached hydrogen (secondary N) is 2. The summed E-state index contributed by atoms with van der Waals surface area (Å²) in [5.41, 5.74) is 14.6. The van der Waals surface area contributed by atoms with Gasteiger partial charge in [-0.2, -0.15) is 0 Å². The maximum atomic E-state index is 13.4. The number of rotatable bonds is 9. The third-order valence-electron chi connectivity index (χ3n) is 9.15. The first-order valence-electron chi connectivity index (χ1n) is 15.3. The minimum atomic E-state index is -1.50. The molecule has 2 aliphatic heterocycles. The van der Waals surface area contributed by atoms with Crippen molar-refractivity contribution in [3.63, 3.8) is 0 Å². The lowest BCUT2D eigenvalue weighted by molar-refractivity contribution is -0.261. The number of amides is 2. The molecule has 6 atom stereocenters. The van der Waals surface area contributed by atoms with Crippen molar-refractivity contribution in [2.75, 3.05) is 20.3 Å². The molecular weight excluding hydrogens is 594 g/mol. The molecule has 4 heterocycles. The fourth-order valence-corrected chi connectivity index (χ4v) is 7.07. The Morgan fingerprint density at radius 1 is 1.02 bits per heavy atom. The Morgan fingerprint density at radius 3 is 2.43 bits per heavy atom. The first kappa shape index (κ1) is 30.3. The number of carbonyl (C=O) groups excluding carboxylic acids is 3. The molecule has 46 heavy (non-hydrogen) atoms. The van der Waals surface area contributed by atoms with Crippen LogP contribution in [0.15, 0.2) is 48.5 Å². The van der Waals surface area contributed by atoms with E-state index in [1.54, 1.807) is 10.6 Å². The Hall–Kier alpha value is -4.37. The van der Waals surface area contributed by atoms with Gasteiger partial charge in [0.05, 0.1) is 34.3 Å². The Bertz CT molecular complexity index is 2020. The van der Waals surface area contributed by atoms with Crippen LogP contribution in [0.5, 0.6) is 0 Å². The smallest absolute Gasteiger partial charge is 0.323 e. The second kappa shape index (κ2) is 11.8. The molecule has 0 radical (unpaired) electrons. The highest BCUT2D eigenvalue weighted by Gasteiger charge is 2.50. The molecule has 0 bridgehead atoms. The second-order valence-electron chi connectivity index (χ2n) is 11.8. The van der Waals surface area contributed by atoms with Crippen LogP contribution < -0.4 is 16.8 Å². The number of fused-ring (bicyclic) bond motifs is 10. The molecule has 3 aromatic carbocycles. The minimum absolute atomic E-state index is 0.220. The largest absolute Gasteiger partial charge is 0.455 e. The van der Waals surface area contributed by atoms with Crippen LogP contribution in [-0.2, 0) is 19.0 Å². The summed E-state index contributed by atoms with van der Waals surface area (Å²) in [4.78, 5) is 43.3. The number of esters is 1. The molecule has 2 aromatic heterocycles. The second-order valence-corrected chi connectivity index (χ2v) is 11.8. The molecule has 1 saturated heterocycles. The number of hydrogen-bond acceptors (Lipinski definition) is 10. The van der Waals surface area contributed by atoms with Gasteiger partial charge in [0.1, 0.15) is 24.4 Å². The summed E-state index contributed by atoms with van der Waals surface area (Å²) in [5.74, 6) is -1.76. The number of aliphatic hydroxyl groups is 2. The first-order chi connectivity index (χ1) is 22.3. The average molecular weight is 630 g/mol. The van der Waals surface area contributed by atoms with Gasteiger partial charge in [-0.3, -0.25) is 19.7 Å². The van der Waals surface area contributed by atoms with Crippen molar-refractivity contribution >= 4 is 61.4 Å². The fourth-order valence-electron chi connectivity index (χ4n) is 7.07. The van der Waals surface area contributed by atoms with Gasteiger partial charge in [-0.05, 0) is 31.5 Å². The van der Waals surface area contributed by atoms with E-state index in [9.17, 15) is 24.6 Å². The zero-order valence-electron chi connectivity index (χ0n) is 25.1. The predicted octanol–water partition coefficient (Wildman–Crippen LogP) is 1.95. The average Bonchev–Trinajstić information content (AvgIpc) is 3.70. The van der Waals surface area contributed by atoms with E-state index in [4.69, 9.17) is 25.7 Å². The van der Waals surface area contributed by atoms with E-state index in [0.717, 1.165) is 10.9 Å². The van der Waals surface area contributed by atoms with Gasteiger partial charge in [0.15, 0.2) is 12.3 Å². The number of carbonyl (C=O) groups is 3. The normalized spacial score (nSPS) is 23.8. The highest BCUT2D eigenvalue weighted by atomic mass is 16.6. The Labute approximate surface area is 262 Å². The van der Waals surface area contributed by atoms with Crippen molar-refractivity contribution in [1.29, 1.82) is 0 Å². The van der Waals surface area contributed by atoms with Gasteiger partial charge in [0.2, 0.25) is 0 Å². The van der Waals surface area contributed by atoms with E-state index in [1.165, 1.54) is 7.11 Å². The van der Waals surface area contributed by atoms with E-state index < -0.39 is 61.1 Å². The van der Waals surface area contributed by atoms with E-state index in [1.807, 2.05) is 42.5 Å². The van der Waals surface area contributed by atoms with Crippen LogP contribution >= 0.6 is 0 Å². The molecule has 6 unspecified atom stereocenters. The van der Waals surface area contributed by atoms with Gasteiger partial charge in [0.25, 0.3) is 11.8 Å². The Kier molecular flexibility index (Phi) is 7.75. The number of benzene rings is 3. The third kappa shape index (κ3) is 4.50. The molecule has 0 aliphatic carbocycles. The number of methoxy groups -OCH3 is 1. The van der Waals surface area contributed by atoms with Crippen molar-refractivity contribution in [2.45, 2.75) is 55.9 Å². The van der Waals surface area contributed by atoms with Crippen LogP contribution in [0.25, 0.3) is 43.6 Å². The molecule has 13 heteroatoms. The van der Waals surface area contributed by atoms with Crippen LogP contribution in [-0.4, -0.2) is 88.3 Å². The SMILES string of the molecule is COC1C(CO)OC(n2c3ccccc3c3c4c(c5c6ccccc6[nH]c5c32)C(=O)NC4=O)C(O)C1OC(=O)C(N)CCCCN. The fraction of sp³-hybridized carbons (Fsp3) is 0.364. The van der Waals surface area contributed by atoms with Crippen LogP contribution in [0.3, 0.4) is 0 Å². The van der Waals surface area contributed by atoms with Crippen molar-refractivity contribution in [3.05, 3.63) is 59.7 Å². The summed E-state index contributed by atoms with van der Waals surface area (Å²) in [5, 5.41) is 27.3. The topological polar surface area (TPSA) is 204 Å². The quantitative estimate of drug-likeness (QED) is 0.0794. The van der Waals surface area contributed by atoms with Gasteiger partial charge in [-0.25, -0.2) is 0 Å². The number of nitrogens with two attached hydrogens (primary N) is 2. The minimum Gasteiger partial charge on any atom is -0.455 e. The number of aromatic nitrogens is 2. The number of hydrogen-bond donors (Lipinski definition) is 6. The maximum Gasteiger partial charge on any atom is 0.323 e. The van der Waals surface area contributed by atoms with E-state index in [0.29, 0.717) is 58.5 Å². The van der Waals surface area contributed by atoms with Crippen LogP contribution in [0, 0.1) is 0 Å². The number of nitrogens with zero attached hydrogens (tertiary/aromatic N) is 1. The molecule has 0 spiro atoms. The molecular formula is C33H35N5O8. The number of unbranched alkanes of at least 4 members (excludes halogenated alkanes) is 1. The predicted molar refractivity (Wildman–Crippen MR) is 169 cm³/mol.